The SMILES string of the molecule is CCCCCCCCCCCCCCCCCCCCCCC1Nc2ccc(S(=O)(=O)[O-])cc2N1.[K+]. The van der Waals surface area contributed by atoms with Crippen molar-refractivity contribution in [2.45, 2.75) is 153 Å². The van der Waals surface area contributed by atoms with Crippen LogP contribution in [0.4, 0.5) is 11.4 Å². The van der Waals surface area contributed by atoms with Crippen molar-refractivity contribution < 1.29 is 64.4 Å². The number of anilines is 2. The van der Waals surface area contributed by atoms with E-state index in [0.717, 1.165) is 18.5 Å². The maximum Gasteiger partial charge on any atom is 1.00 e. The van der Waals surface area contributed by atoms with Crippen molar-refractivity contribution in [3.8, 4) is 0 Å². The Morgan fingerprint density at radius 2 is 1.03 bits per heavy atom. The second kappa shape index (κ2) is 21.2. The Bertz CT molecular complexity index is 789. The van der Waals surface area contributed by atoms with Crippen LogP contribution in [-0.4, -0.2) is 19.1 Å². The molecule has 1 heterocycles. The van der Waals surface area contributed by atoms with Gasteiger partial charge in [0.2, 0.25) is 0 Å². The van der Waals surface area contributed by atoms with Gasteiger partial charge >= 0.3 is 51.4 Å². The second-order valence-corrected chi connectivity index (χ2v) is 11.9. The van der Waals surface area contributed by atoms with Crippen molar-refractivity contribution in [3.05, 3.63) is 18.2 Å². The van der Waals surface area contributed by atoms with Gasteiger partial charge in [-0.05, 0) is 31.0 Å². The van der Waals surface area contributed by atoms with Crippen LogP contribution in [0.25, 0.3) is 0 Å². The minimum atomic E-state index is -4.41. The zero-order chi connectivity index (χ0) is 25.2. The Kier molecular flexibility index (Phi) is 20.3. The molecule has 0 saturated heterocycles. The minimum Gasteiger partial charge on any atom is -0.744 e. The van der Waals surface area contributed by atoms with Gasteiger partial charge in [-0.1, -0.05) is 129 Å². The van der Waals surface area contributed by atoms with Crippen LogP contribution < -0.4 is 62.0 Å². The molecule has 0 aromatic heterocycles. The van der Waals surface area contributed by atoms with E-state index in [1.807, 2.05) is 0 Å². The van der Waals surface area contributed by atoms with E-state index in [1.54, 1.807) is 6.07 Å². The Morgan fingerprint density at radius 3 is 1.44 bits per heavy atom. The molecular formula is C29H51KN2O3S. The molecule has 0 fully saturated rings. The molecule has 1 aliphatic rings. The molecule has 2 N–H and O–H groups in total. The largest absolute Gasteiger partial charge is 1.00 e. The van der Waals surface area contributed by atoms with Crippen molar-refractivity contribution in [1.29, 1.82) is 0 Å². The summed E-state index contributed by atoms with van der Waals surface area (Å²) in [5, 5.41) is 6.66. The standard InChI is InChI=1S/C29H52N2O3S.K/c1-2-3-4-5-6-7-8-9-10-11-12-13-14-15-16-17-18-19-20-21-22-29-30-27-24-23-26(35(32,33)34)25-28(27)31-29;/h23-25,29-31H,2-22H2,1H3,(H,32,33,34);/q;+1/p-1. The quantitative estimate of drug-likeness (QED) is 0.106. The van der Waals surface area contributed by atoms with Gasteiger partial charge in [-0.2, -0.15) is 0 Å². The van der Waals surface area contributed by atoms with Crippen LogP contribution in [0.5, 0.6) is 0 Å². The first-order chi connectivity index (χ1) is 17.0. The molecule has 1 aromatic rings. The summed E-state index contributed by atoms with van der Waals surface area (Å²) in [5.74, 6) is 0. The van der Waals surface area contributed by atoms with Crippen molar-refractivity contribution in [2.24, 2.45) is 0 Å². The van der Waals surface area contributed by atoms with E-state index in [9.17, 15) is 13.0 Å². The van der Waals surface area contributed by atoms with Crippen molar-refractivity contribution in [2.75, 3.05) is 10.6 Å². The molecule has 0 saturated carbocycles. The predicted molar refractivity (Wildman–Crippen MR) is 148 cm³/mol. The molecule has 5 nitrogen and oxygen atoms in total. The number of benzene rings is 1. The summed E-state index contributed by atoms with van der Waals surface area (Å²) in [4.78, 5) is -0.176. The van der Waals surface area contributed by atoms with Gasteiger partial charge in [-0.15, -0.1) is 0 Å². The van der Waals surface area contributed by atoms with E-state index >= 15 is 0 Å². The Labute approximate surface area is 264 Å². The molecule has 0 radical (unpaired) electrons. The third kappa shape index (κ3) is 15.7. The topological polar surface area (TPSA) is 81.3 Å². The van der Waals surface area contributed by atoms with E-state index < -0.39 is 10.1 Å². The van der Waals surface area contributed by atoms with Gasteiger partial charge in [0.05, 0.1) is 22.4 Å². The molecule has 36 heavy (non-hydrogen) atoms. The van der Waals surface area contributed by atoms with Crippen molar-refractivity contribution in [3.63, 3.8) is 0 Å². The third-order valence-corrected chi connectivity index (χ3v) is 8.12. The van der Waals surface area contributed by atoms with Crippen LogP contribution in [0, 0.1) is 0 Å². The van der Waals surface area contributed by atoms with Gasteiger partial charge in [0.25, 0.3) is 0 Å². The second-order valence-electron chi connectivity index (χ2n) is 10.5. The van der Waals surface area contributed by atoms with Gasteiger partial charge < -0.3 is 15.2 Å². The predicted octanol–water partition coefficient (Wildman–Crippen LogP) is 5.97. The van der Waals surface area contributed by atoms with E-state index in [4.69, 9.17) is 0 Å². The Hall–Kier alpha value is 0.366. The third-order valence-electron chi connectivity index (χ3n) is 7.29. The molecule has 0 amide bonds. The summed E-state index contributed by atoms with van der Waals surface area (Å²) in [5.41, 5.74) is 1.58. The van der Waals surface area contributed by atoms with Gasteiger partial charge in [0.15, 0.2) is 0 Å². The van der Waals surface area contributed by atoms with Gasteiger partial charge in [0.1, 0.15) is 10.1 Å². The zero-order valence-electron chi connectivity index (χ0n) is 23.3. The molecule has 1 unspecified atom stereocenters. The van der Waals surface area contributed by atoms with Crippen molar-refractivity contribution >= 4 is 21.5 Å². The first kappa shape index (κ1) is 34.4. The van der Waals surface area contributed by atoms with E-state index in [2.05, 4.69) is 17.6 Å². The molecule has 1 aromatic carbocycles. The maximum atomic E-state index is 11.2. The minimum absolute atomic E-state index is 0. The molecular weight excluding hydrogens is 495 g/mol. The van der Waals surface area contributed by atoms with Gasteiger partial charge in [0, 0.05) is 0 Å². The Morgan fingerprint density at radius 1 is 0.639 bits per heavy atom. The summed E-state index contributed by atoms with van der Waals surface area (Å²) in [7, 11) is -4.41. The fourth-order valence-corrected chi connectivity index (χ4v) is 5.58. The molecule has 2 rings (SSSR count). The molecule has 0 bridgehead atoms. The van der Waals surface area contributed by atoms with Crippen LogP contribution in [0.1, 0.15) is 142 Å². The zero-order valence-corrected chi connectivity index (χ0v) is 27.2. The van der Waals surface area contributed by atoms with Crippen molar-refractivity contribution in [1.82, 2.24) is 0 Å². The van der Waals surface area contributed by atoms with Gasteiger partial charge in [-0.25, -0.2) is 8.42 Å². The maximum absolute atomic E-state index is 11.2. The number of hydrogen-bond acceptors (Lipinski definition) is 5. The number of rotatable bonds is 22. The average Bonchev–Trinajstić information content (AvgIpc) is 3.24. The molecule has 1 aliphatic heterocycles. The van der Waals surface area contributed by atoms with Crippen LogP contribution in [0.2, 0.25) is 0 Å². The van der Waals surface area contributed by atoms with Crippen LogP contribution >= 0.6 is 0 Å². The fraction of sp³-hybridized carbons (Fsp3) is 0.793. The van der Waals surface area contributed by atoms with E-state index in [0.29, 0.717) is 5.69 Å². The summed E-state index contributed by atoms with van der Waals surface area (Å²) >= 11 is 0. The normalized spacial score (nSPS) is 14.7. The molecule has 7 heteroatoms. The van der Waals surface area contributed by atoms with Crippen LogP contribution in [0.15, 0.2) is 23.1 Å². The average molecular weight is 547 g/mol. The van der Waals surface area contributed by atoms with Crippen LogP contribution in [0.3, 0.4) is 0 Å². The van der Waals surface area contributed by atoms with E-state index in [-0.39, 0.29) is 62.4 Å². The number of fused-ring (bicyclic) bond motifs is 1. The molecule has 1 atom stereocenters. The van der Waals surface area contributed by atoms with Gasteiger partial charge in [-0.3, -0.25) is 0 Å². The summed E-state index contributed by atoms with van der Waals surface area (Å²) in [6.07, 6.45) is 28.8. The smallest absolute Gasteiger partial charge is 0.744 e. The molecule has 0 aliphatic carbocycles. The summed E-state index contributed by atoms with van der Waals surface area (Å²) in [6, 6.07) is 4.47. The fourth-order valence-electron chi connectivity index (χ4n) is 5.08. The first-order valence-electron chi connectivity index (χ1n) is 14.6. The summed E-state index contributed by atoms with van der Waals surface area (Å²) in [6.45, 7) is 2.28. The molecule has 202 valence electrons. The Balaban J connectivity index is 0.00000648. The van der Waals surface area contributed by atoms with Crippen LogP contribution in [-0.2, 0) is 10.1 Å². The monoisotopic (exact) mass is 546 g/mol. The van der Waals surface area contributed by atoms with E-state index in [1.165, 1.54) is 134 Å². The number of hydrogen-bond donors (Lipinski definition) is 2. The summed E-state index contributed by atoms with van der Waals surface area (Å²) < 4.78 is 33.5. The number of unbranched alkanes of at least 4 members (excludes halogenated alkanes) is 19. The number of nitrogens with one attached hydrogen (secondary N) is 2. The first-order valence-corrected chi connectivity index (χ1v) is 16.0. The molecule has 0 spiro atoms.